The second-order valence-corrected chi connectivity index (χ2v) is 7.02. The summed E-state index contributed by atoms with van der Waals surface area (Å²) < 4.78 is 13.3. The van der Waals surface area contributed by atoms with Gasteiger partial charge in [0.15, 0.2) is 0 Å². The van der Waals surface area contributed by atoms with Gasteiger partial charge < -0.3 is 9.88 Å². The number of fused-ring (bicyclic) bond motifs is 1. The number of amides is 1. The lowest BCUT2D eigenvalue weighted by Gasteiger charge is -2.36. The molecule has 2 aromatic rings. The second-order valence-electron chi connectivity index (χ2n) is 7.02. The highest BCUT2D eigenvalue weighted by Crippen LogP contribution is 2.33. The Morgan fingerprint density at radius 3 is 2.91 bits per heavy atom. The summed E-state index contributed by atoms with van der Waals surface area (Å²) in [6, 6.07) is 4.68. The number of aromatic nitrogens is 1. The fourth-order valence-electron chi connectivity index (χ4n) is 3.50. The molecule has 1 unspecified atom stereocenters. The molecule has 1 N–H and O–H groups in total. The van der Waals surface area contributed by atoms with Crippen molar-refractivity contribution >= 4 is 16.8 Å². The largest absolute Gasteiger partial charge is 0.361 e. The van der Waals surface area contributed by atoms with Crippen molar-refractivity contribution in [1.29, 1.82) is 0 Å². The Morgan fingerprint density at radius 2 is 2.18 bits per heavy atom. The molecule has 1 amide bonds. The van der Waals surface area contributed by atoms with Gasteiger partial charge in [-0.05, 0) is 56.4 Å². The molecule has 2 heterocycles. The topological polar surface area (TPSA) is 36.1 Å². The quantitative estimate of drug-likeness (QED) is 0.899. The van der Waals surface area contributed by atoms with Gasteiger partial charge in [-0.25, -0.2) is 4.39 Å². The summed E-state index contributed by atoms with van der Waals surface area (Å²) in [6.45, 7) is 7.78. The molecular formula is C18H23FN2O. The van der Waals surface area contributed by atoms with Crippen LogP contribution in [0.1, 0.15) is 39.2 Å². The Bertz CT molecular complexity index is 704. The molecule has 3 rings (SSSR count). The van der Waals surface area contributed by atoms with Gasteiger partial charge in [-0.15, -0.1) is 0 Å². The number of nitrogens with one attached hydrogen (secondary N) is 1. The maximum atomic E-state index is 13.3. The highest BCUT2D eigenvalue weighted by atomic mass is 19.1. The van der Waals surface area contributed by atoms with E-state index in [1.165, 1.54) is 18.6 Å². The average Bonchev–Trinajstić information content (AvgIpc) is 2.90. The number of hydrogen-bond donors (Lipinski definition) is 1. The van der Waals surface area contributed by atoms with Gasteiger partial charge in [0.25, 0.3) is 0 Å². The lowest BCUT2D eigenvalue weighted by molar-refractivity contribution is -0.138. The molecule has 3 nitrogen and oxygen atoms in total. The summed E-state index contributed by atoms with van der Waals surface area (Å²) in [4.78, 5) is 18.1. The van der Waals surface area contributed by atoms with Gasteiger partial charge in [-0.2, -0.15) is 0 Å². The van der Waals surface area contributed by atoms with Crippen LogP contribution in [-0.4, -0.2) is 28.9 Å². The standard InChI is InChI=1S/C18H23FN2O/c1-12-5-4-8-21(11-12)17(22)18(2,3)15-10-20-16-9-13(19)6-7-14(15)16/h6-7,9-10,12,20H,4-5,8,11H2,1-3H3. The third kappa shape index (κ3) is 2.51. The summed E-state index contributed by atoms with van der Waals surface area (Å²) in [5.74, 6) is 0.449. The van der Waals surface area contributed by atoms with Crippen LogP contribution in [0.4, 0.5) is 4.39 Å². The van der Waals surface area contributed by atoms with Gasteiger partial charge in [0.1, 0.15) is 5.82 Å². The minimum atomic E-state index is -0.618. The van der Waals surface area contributed by atoms with E-state index in [4.69, 9.17) is 0 Å². The number of hydrogen-bond acceptors (Lipinski definition) is 1. The lowest BCUT2D eigenvalue weighted by Crippen LogP contribution is -2.47. The molecule has 1 aliphatic heterocycles. The molecule has 1 aromatic carbocycles. The highest BCUT2D eigenvalue weighted by Gasteiger charge is 2.36. The molecule has 1 aliphatic rings. The van der Waals surface area contributed by atoms with E-state index in [2.05, 4.69) is 11.9 Å². The average molecular weight is 302 g/mol. The molecule has 1 fully saturated rings. The zero-order valence-corrected chi connectivity index (χ0v) is 13.4. The highest BCUT2D eigenvalue weighted by molar-refractivity contribution is 5.94. The number of likely N-dealkylation sites (tertiary alicyclic amines) is 1. The summed E-state index contributed by atoms with van der Waals surface area (Å²) in [7, 11) is 0. The van der Waals surface area contributed by atoms with Gasteiger partial charge in [0, 0.05) is 30.2 Å². The van der Waals surface area contributed by atoms with Crippen LogP contribution in [0.2, 0.25) is 0 Å². The molecule has 0 radical (unpaired) electrons. The zero-order valence-electron chi connectivity index (χ0n) is 13.4. The molecule has 0 saturated carbocycles. The van der Waals surface area contributed by atoms with Crippen molar-refractivity contribution in [3.8, 4) is 0 Å². The molecule has 0 bridgehead atoms. The Hall–Kier alpha value is -1.84. The van der Waals surface area contributed by atoms with Crippen LogP contribution in [0, 0.1) is 11.7 Å². The number of carbonyl (C=O) groups is 1. The van der Waals surface area contributed by atoms with Gasteiger partial charge >= 0.3 is 0 Å². The second kappa shape index (κ2) is 5.41. The number of nitrogens with zero attached hydrogens (tertiary/aromatic N) is 1. The van der Waals surface area contributed by atoms with Crippen molar-refractivity contribution in [3.05, 3.63) is 35.8 Å². The fourth-order valence-corrected chi connectivity index (χ4v) is 3.50. The molecule has 22 heavy (non-hydrogen) atoms. The normalized spacial score (nSPS) is 19.6. The molecule has 1 aromatic heterocycles. The Balaban J connectivity index is 1.95. The zero-order chi connectivity index (χ0) is 15.9. The maximum absolute atomic E-state index is 13.3. The third-order valence-corrected chi connectivity index (χ3v) is 4.80. The van der Waals surface area contributed by atoms with Crippen molar-refractivity contribution in [2.45, 2.75) is 39.0 Å². The Morgan fingerprint density at radius 1 is 1.41 bits per heavy atom. The van der Waals surface area contributed by atoms with E-state index in [0.717, 1.165) is 36.0 Å². The first-order valence-corrected chi connectivity index (χ1v) is 7.96. The lowest BCUT2D eigenvalue weighted by atomic mass is 9.82. The number of H-pyrrole nitrogens is 1. The number of benzene rings is 1. The van der Waals surface area contributed by atoms with E-state index in [9.17, 15) is 9.18 Å². The van der Waals surface area contributed by atoms with Crippen LogP contribution in [0.25, 0.3) is 10.9 Å². The number of halogens is 1. The van der Waals surface area contributed by atoms with E-state index in [-0.39, 0.29) is 11.7 Å². The van der Waals surface area contributed by atoms with Crippen molar-refractivity contribution < 1.29 is 9.18 Å². The summed E-state index contributed by atoms with van der Waals surface area (Å²) in [5.41, 5.74) is 1.06. The summed E-state index contributed by atoms with van der Waals surface area (Å²) in [6.07, 6.45) is 4.11. The smallest absolute Gasteiger partial charge is 0.232 e. The van der Waals surface area contributed by atoms with Gasteiger partial charge in [0.2, 0.25) is 5.91 Å². The van der Waals surface area contributed by atoms with Crippen molar-refractivity contribution in [3.63, 3.8) is 0 Å². The number of piperidine rings is 1. The van der Waals surface area contributed by atoms with Crippen molar-refractivity contribution in [2.24, 2.45) is 5.92 Å². The molecule has 118 valence electrons. The predicted octanol–water partition coefficient (Wildman–Crippen LogP) is 3.84. The summed E-state index contributed by atoms with van der Waals surface area (Å²) >= 11 is 0. The molecule has 0 spiro atoms. The molecule has 0 aliphatic carbocycles. The third-order valence-electron chi connectivity index (χ3n) is 4.80. The first-order chi connectivity index (χ1) is 10.4. The van der Waals surface area contributed by atoms with E-state index in [0.29, 0.717) is 5.92 Å². The maximum Gasteiger partial charge on any atom is 0.232 e. The monoisotopic (exact) mass is 302 g/mol. The van der Waals surface area contributed by atoms with Crippen LogP contribution in [0.5, 0.6) is 0 Å². The van der Waals surface area contributed by atoms with Gasteiger partial charge in [0.05, 0.1) is 5.41 Å². The predicted molar refractivity (Wildman–Crippen MR) is 86.3 cm³/mol. The SMILES string of the molecule is CC1CCCN(C(=O)C(C)(C)c2c[nH]c3cc(F)ccc23)C1. The van der Waals surface area contributed by atoms with Crippen molar-refractivity contribution in [2.75, 3.05) is 13.1 Å². The molecule has 1 atom stereocenters. The van der Waals surface area contributed by atoms with E-state index >= 15 is 0 Å². The minimum Gasteiger partial charge on any atom is -0.361 e. The van der Waals surface area contributed by atoms with Crippen molar-refractivity contribution in [1.82, 2.24) is 9.88 Å². The fraction of sp³-hybridized carbons (Fsp3) is 0.500. The molecular weight excluding hydrogens is 279 g/mol. The van der Waals surface area contributed by atoms with Gasteiger partial charge in [-0.3, -0.25) is 4.79 Å². The van der Waals surface area contributed by atoms with E-state index in [1.54, 1.807) is 6.07 Å². The first kappa shape index (κ1) is 15.1. The number of carbonyl (C=O) groups excluding carboxylic acids is 1. The Labute approximate surface area is 130 Å². The molecule has 1 saturated heterocycles. The van der Waals surface area contributed by atoms with Crippen LogP contribution in [-0.2, 0) is 10.2 Å². The van der Waals surface area contributed by atoms with E-state index in [1.807, 2.05) is 24.9 Å². The number of aromatic amines is 1. The molecule has 4 heteroatoms. The summed E-state index contributed by atoms with van der Waals surface area (Å²) in [5, 5.41) is 0.921. The Kier molecular flexibility index (Phi) is 3.71. The van der Waals surface area contributed by atoms with Crippen LogP contribution < -0.4 is 0 Å². The van der Waals surface area contributed by atoms with Crippen LogP contribution in [0.3, 0.4) is 0 Å². The first-order valence-electron chi connectivity index (χ1n) is 7.96. The number of rotatable bonds is 2. The van der Waals surface area contributed by atoms with Crippen LogP contribution >= 0.6 is 0 Å². The van der Waals surface area contributed by atoms with Gasteiger partial charge in [-0.1, -0.05) is 6.92 Å². The minimum absolute atomic E-state index is 0.157. The van der Waals surface area contributed by atoms with E-state index < -0.39 is 5.41 Å². The van der Waals surface area contributed by atoms with Crippen LogP contribution in [0.15, 0.2) is 24.4 Å².